The lowest BCUT2D eigenvalue weighted by Gasteiger charge is -2.08. The Balaban J connectivity index is 2.45. The molecule has 2 rings (SSSR count). The molecule has 16 heavy (non-hydrogen) atoms. The van der Waals surface area contributed by atoms with Gasteiger partial charge in [0.15, 0.2) is 11.5 Å². The molecule has 0 saturated heterocycles. The van der Waals surface area contributed by atoms with E-state index in [4.69, 9.17) is 9.47 Å². The number of alkyl halides is 1. The first-order chi connectivity index (χ1) is 7.58. The van der Waals surface area contributed by atoms with E-state index in [0.717, 1.165) is 0 Å². The van der Waals surface area contributed by atoms with Crippen LogP contribution in [0.3, 0.4) is 0 Å². The molecule has 4 heteroatoms. The van der Waals surface area contributed by atoms with Gasteiger partial charge in [0.25, 0.3) is 0 Å². The first-order valence-corrected chi connectivity index (χ1v) is 5.14. The van der Waals surface area contributed by atoms with Crippen molar-refractivity contribution in [1.29, 1.82) is 0 Å². The van der Waals surface area contributed by atoms with Gasteiger partial charge in [-0.05, 0) is 31.5 Å². The summed E-state index contributed by atoms with van der Waals surface area (Å²) in [7, 11) is 0. The standard InChI is InChI=1S/C12H13FO3/c1-7(14)3-10-4-9(8(2)13)5-11-12(10)16-6-15-11/h4-5,8H,3,6H2,1-2H3. The molecule has 1 unspecified atom stereocenters. The molecule has 0 aromatic heterocycles. The Labute approximate surface area is 93.2 Å². The number of carbonyl (C=O) groups excluding carboxylic acids is 1. The van der Waals surface area contributed by atoms with Crippen LogP contribution in [-0.4, -0.2) is 12.6 Å². The fourth-order valence-electron chi connectivity index (χ4n) is 1.74. The first-order valence-electron chi connectivity index (χ1n) is 5.14. The van der Waals surface area contributed by atoms with Crippen LogP contribution >= 0.6 is 0 Å². The highest BCUT2D eigenvalue weighted by Crippen LogP contribution is 2.39. The average molecular weight is 224 g/mol. The van der Waals surface area contributed by atoms with Gasteiger partial charge in [0.2, 0.25) is 6.79 Å². The number of Topliss-reactive ketones (excluding diaryl/α,β-unsaturated/α-hetero) is 1. The smallest absolute Gasteiger partial charge is 0.231 e. The number of ketones is 1. The van der Waals surface area contributed by atoms with Gasteiger partial charge in [-0.2, -0.15) is 0 Å². The molecule has 86 valence electrons. The van der Waals surface area contributed by atoms with E-state index in [-0.39, 0.29) is 19.0 Å². The Morgan fingerprint density at radius 2 is 2.25 bits per heavy atom. The Morgan fingerprint density at radius 1 is 1.50 bits per heavy atom. The number of halogens is 1. The van der Waals surface area contributed by atoms with Crippen molar-refractivity contribution >= 4 is 5.78 Å². The molecule has 0 saturated carbocycles. The summed E-state index contributed by atoms with van der Waals surface area (Å²) in [5.41, 5.74) is 1.21. The van der Waals surface area contributed by atoms with E-state index < -0.39 is 6.17 Å². The maximum atomic E-state index is 13.2. The van der Waals surface area contributed by atoms with Crippen molar-refractivity contribution in [2.75, 3.05) is 6.79 Å². The first kappa shape index (κ1) is 10.9. The second-order valence-electron chi connectivity index (χ2n) is 3.91. The number of benzene rings is 1. The summed E-state index contributed by atoms with van der Waals surface area (Å²) in [6, 6.07) is 3.29. The maximum Gasteiger partial charge on any atom is 0.231 e. The molecular formula is C12H13FO3. The van der Waals surface area contributed by atoms with Gasteiger partial charge in [0, 0.05) is 12.0 Å². The highest BCUT2D eigenvalue weighted by Gasteiger charge is 2.21. The highest BCUT2D eigenvalue weighted by molar-refractivity contribution is 5.79. The van der Waals surface area contributed by atoms with Gasteiger partial charge >= 0.3 is 0 Å². The zero-order valence-corrected chi connectivity index (χ0v) is 9.25. The van der Waals surface area contributed by atoms with Crippen LogP contribution in [0.4, 0.5) is 4.39 Å². The van der Waals surface area contributed by atoms with E-state index in [2.05, 4.69) is 0 Å². The third kappa shape index (κ3) is 2.01. The fraction of sp³-hybridized carbons (Fsp3) is 0.417. The fourth-order valence-corrected chi connectivity index (χ4v) is 1.74. The van der Waals surface area contributed by atoms with Crippen molar-refractivity contribution in [2.45, 2.75) is 26.4 Å². The minimum absolute atomic E-state index is 0.0151. The molecule has 1 aromatic rings. The van der Waals surface area contributed by atoms with Gasteiger partial charge < -0.3 is 9.47 Å². The lowest BCUT2D eigenvalue weighted by molar-refractivity contribution is -0.116. The summed E-state index contributed by atoms with van der Waals surface area (Å²) in [4.78, 5) is 11.1. The van der Waals surface area contributed by atoms with Gasteiger partial charge in [0.05, 0.1) is 0 Å². The van der Waals surface area contributed by atoms with Gasteiger partial charge in [-0.3, -0.25) is 4.79 Å². The lowest BCUT2D eigenvalue weighted by Crippen LogP contribution is -2.00. The molecular weight excluding hydrogens is 211 g/mol. The van der Waals surface area contributed by atoms with Crippen molar-refractivity contribution in [2.24, 2.45) is 0 Å². The van der Waals surface area contributed by atoms with Crippen LogP contribution in [0.2, 0.25) is 0 Å². The van der Waals surface area contributed by atoms with Crippen molar-refractivity contribution in [1.82, 2.24) is 0 Å². The molecule has 0 spiro atoms. The lowest BCUT2D eigenvalue weighted by atomic mass is 10.0. The molecule has 1 aliphatic rings. The summed E-state index contributed by atoms with van der Waals surface area (Å²) >= 11 is 0. The van der Waals surface area contributed by atoms with E-state index >= 15 is 0 Å². The van der Waals surface area contributed by atoms with Crippen LogP contribution in [0.25, 0.3) is 0 Å². The second-order valence-corrected chi connectivity index (χ2v) is 3.91. The maximum absolute atomic E-state index is 13.2. The molecule has 0 fully saturated rings. The van der Waals surface area contributed by atoms with Crippen molar-refractivity contribution in [3.63, 3.8) is 0 Å². The zero-order chi connectivity index (χ0) is 11.7. The van der Waals surface area contributed by atoms with E-state index in [1.807, 2.05) is 0 Å². The number of hydrogen-bond acceptors (Lipinski definition) is 3. The summed E-state index contributed by atoms with van der Waals surface area (Å²) in [6.07, 6.45) is -0.841. The van der Waals surface area contributed by atoms with Gasteiger partial charge in [-0.25, -0.2) is 4.39 Å². The normalized spacial score (nSPS) is 14.9. The molecule has 0 N–H and O–H groups in total. The Kier molecular flexibility index (Phi) is 2.81. The predicted octanol–water partition coefficient (Wildman–Crippen LogP) is 2.58. The van der Waals surface area contributed by atoms with Crippen LogP contribution in [0.15, 0.2) is 12.1 Å². The molecule has 1 aromatic carbocycles. The van der Waals surface area contributed by atoms with Crippen molar-refractivity contribution in [3.05, 3.63) is 23.3 Å². The summed E-state index contributed by atoms with van der Waals surface area (Å²) in [6.45, 7) is 3.08. The van der Waals surface area contributed by atoms with E-state index in [9.17, 15) is 9.18 Å². The molecule has 0 aliphatic carbocycles. The second kappa shape index (κ2) is 4.12. The SMILES string of the molecule is CC(=O)Cc1cc(C(C)F)cc2c1OCO2. The Morgan fingerprint density at radius 3 is 2.88 bits per heavy atom. The Bertz CT molecular complexity index is 427. The summed E-state index contributed by atoms with van der Waals surface area (Å²) in [5.74, 6) is 1.11. The van der Waals surface area contributed by atoms with Crippen LogP contribution in [0.1, 0.15) is 31.1 Å². The third-order valence-electron chi connectivity index (χ3n) is 2.47. The number of ether oxygens (including phenoxy) is 2. The third-order valence-corrected chi connectivity index (χ3v) is 2.47. The summed E-state index contributed by atoms with van der Waals surface area (Å²) < 4.78 is 23.7. The predicted molar refractivity (Wildman–Crippen MR) is 56.5 cm³/mol. The largest absolute Gasteiger partial charge is 0.454 e. The molecule has 0 amide bonds. The van der Waals surface area contributed by atoms with Gasteiger partial charge in [-0.1, -0.05) is 0 Å². The topological polar surface area (TPSA) is 35.5 Å². The molecule has 0 radical (unpaired) electrons. The quantitative estimate of drug-likeness (QED) is 0.791. The highest BCUT2D eigenvalue weighted by atomic mass is 19.1. The minimum Gasteiger partial charge on any atom is -0.454 e. The van der Waals surface area contributed by atoms with E-state index in [1.165, 1.54) is 13.8 Å². The monoisotopic (exact) mass is 224 g/mol. The number of carbonyl (C=O) groups is 1. The van der Waals surface area contributed by atoms with Gasteiger partial charge in [-0.15, -0.1) is 0 Å². The number of rotatable bonds is 3. The van der Waals surface area contributed by atoms with Gasteiger partial charge in [0.1, 0.15) is 12.0 Å². The summed E-state index contributed by atoms with van der Waals surface area (Å²) in [5, 5.41) is 0. The minimum atomic E-state index is -1.08. The zero-order valence-electron chi connectivity index (χ0n) is 9.25. The molecule has 3 nitrogen and oxygen atoms in total. The number of fused-ring (bicyclic) bond motifs is 1. The molecule has 1 heterocycles. The van der Waals surface area contributed by atoms with Crippen LogP contribution in [-0.2, 0) is 11.2 Å². The van der Waals surface area contributed by atoms with E-state index in [1.54, 1.807) is 12.1 Å². The van der Waals surface area contributed by atoms with Crippen LogP contribution < -0.4 is 9.47 Å². The molecule has 1 aliphatic heterocycles. The van der Waals surface area contributed by atoms with Crippen molar-refractivity contribution < 1.29 is 18.7 Å². The average Bonchev–Trinajstić information content (AvgIpc) is 2.64. The van der Waals surface area contributed by atoms with Crippen LogP contribution in [0, 0.1) is 0 Å². The molecule has 1 atom stereocenters. The number of hydrogen-bond donors (Lipinski definition) is 0. The molecule has 0 bridgehead atoms. The Hall–Kier alpha value is -1.58. The van der Waals surface area contributed by atoms with Crippen molar-refractivity contribution in [3.8, 4) is 11.5 Å². The van der Waals surface area contributed by atoms with E-state index in [0.29, 0.717) is 22.6 Å². The van der Waals surface area contributed by atoms with Crippen LogP contribution in [0.5, 0.6) is 11.5 Å².